The lowest BCUT2D eigenvalue weighted by atomic mass is 10.0. The molecule has 2 aliphatic heterocycles. The van der Waals surface area contributed by atoms with Crippen LogP contribution in [0.4, 0.5) is 19.0 Å². The zero-order valence-electron chi connectivity index (χ0n) is 21.9. The van der Waals surface area contributed by atoms with Gasteiger partial charge >= 0.3 is 0 Å². The van der Waals surface area contributed by atoms with Crippen molar-refractivity contribution in [2.75, 3.05) is 44.2 Å². The smallest absolute Gasteiger partial charge is 0.253 e. The number of anilines is 1. The van der Waals surface area contributed by atoms with Gasteiger partial charge in [0.2, 0.25) is 0 Å². The predicted molar refractivity (Wildman–Crippen MR) is 150 cm³/mol. The van der Waals surface area contributed by atoms with Crippen molar-refractivity contribution in [3.05, 3.63) is 92.8 Å². The minimum Gasteiger partial charge on any atom is -0.353 e. The van der Waals surface area contributed by atoms with E-state index in [2.05, 4.69) is 25.0 Å². The Balaban J connectivity index is 1.09. The van der Waals surface area contributed by atoms with Crippen molar-refractivity contribution >= 4 is 34.9 Å². The summed E-state index contributed by atoms with van der Waals surface area (Å²) in [5.74, 6) is -1.29. The second-order valence-corrected chi connectivity index (χ2v) is 11.1. The Labute approximate surface area is 241 Å². The number of rotatable bonds is 7. The van der Waals surface area contributed by atoms with E-state index < -0.39 is 23.4 Å². The fourth-order valence-corrected chi connectivity index (χ4v) is 5.81. The highest BCUT2D eigenvalue weighted by molar-refractivity contribution is 6.33. The van der Waals surface area contributed by atoms with Gasteiger partial charge in [0.15, 0.2) is 0 Å². The number of carbonyl (C=O) groups excluding carboxylic acids is 1. The number of nitrogens with one attached hydrogen (secondary N) is 1. The average Bonchev–Trinajstić information content (AvgIpc) is 2.94. The second kappa shape index (κ2) is 12.8. The van der Waals surface area contributed by atoms with E-state index in [-0.39, 0.29) is 6.54 Å². The molecule has 2 saturated heterocycles. The highest BCUT2D eigenvalue weighted by atomic mass is 35.5. The molecule has 1 amide bonds. The van der Waals surface area contributed by atoms with Crippen molar-refractivity contribution in [2.45, 2.75) is 32.0 Å². The Morgan fingerprint density at radius 2 is 1.60 bits per heavy atom. The largest absolute Gasteiger partial charge is 0.353 e. The molecule has 6 nitrogen and oxygen atoms in total. The van der Waals surface area contributed by atoms with Crippen molar-refractivity contribution in [2.24, 2.45) is 0 Å². The highest BCUT2D eigenvalue weighted by Gasteiger charge is 2.29. The van der Waals surface area contributed by atoms with Crippen LogP contribution < -0.4 is 10.2 Å². The number of halogens is 5. The third kappa shape index (κ3) is 6.89. The number of amides is 1. The van der Waals surface area contributed by atoms with Crippen LogP contribution in [-0.2, 0) is 13.1 Å². The standard InChI is InChI=1S/C29H30Cl2F3N5O/c30-22-3-1-19(26(33)14-22)16-36-29(40)21-13-25(31)28(35-17-21)39-11-9-38(10-12-39)24-5-7-37(8-6-24)18-20-2-4-23(32)15-27(20)34/h1-4,13-15,17,24H,5-12,16,18H2,(H,36,40). The van der Waals surface area contributed by atoms with Crippen LogP contribution in [0, 0.1) is 17.5 Å². The summed E-state index contributed by atoms with van der Waals surface area (Å²) in [5.41, 5.74) is 1.16. The first-order valence-corrected chi connectivity index (χ1v) is 14.1. The Kier molecular flexibility index (Phi) is 9.15. The van der Waals surface area contributed by atoms with Gasteiger partial charge in [-0.25, -0.2) is 18.2 Å². The maximum atomic E-state index is 14.0. The van der Waals surface area contributed by atoms with E-state index in [1.54, 1.807) is 12.1 Å². The number of piperazine rings is 1. The van der Waals surface area contributed by atoms with Crippen LogP contribution in [0.2, 0.25) is 10.0 Å². The van der Waals surface area contributed by atoms with E-state index in [1.165, 1.54) is 30.5 Å². The van der Waals surface area contributed by atoms with Gasteiger partial charge in [-0.05, 0) is 50.2 Å². The minimum absolute atomic E-state index is 0.0191. The first-order chi connectivity index (χ1) is 19.3. The maximum Gasteiger partial charge on any atom is 0.253 e. The monoisotopic (exact) mass is 591 g/mol. The molecular weight excluding hydrogens is 562 g/mol. The van der Waals surface area contributed by atoms with Crippen LogP contribution >= 0.6 is 23.2 Å². The summed E-state index contributed by atoms with van der Waals surface area (Å²) in [7, 11) is 0. The lowest BCUT2D eigenvalue weighted by Gasteiger charge is -2.43. The number of aromatic nitrogens is 1. The summed E-state index contributed by atoms with van der Waals surface area (Å²) in [5, 5.41) is 3.37. The van der Waals surface area contributed by atoms with Crippen LogP contribution in [-0.4, -0.2) is 66.0 Å². The molecule has 1 N–H and O–H groups in total. The summed E-state index contributed by atoms with van der Waals surface area (Å²) < 4.78 is 41.2. The number of benzene rings is 2. The zero-order valence-corrected chi connectivity index (χ0v) is 23.4. The fraction of sp³-hybridized carbons (Fsp3) is 0.379. The summed E-state index contributed by atoms with van der Waals surface area (Å²) in [4.78, 5) is 23.9. The van der Waals surface area contributed by atoms with Gasteiger partial charge in [-0.15, -0.1) is 0 Å². The van der Waals surface area contributed by atoms with Crippen LogP contribution in [0.25, 0.3) is 0 Å². The van der Waals surface area contributed by atoms with Crippen molar-refractivity contribution in [3.63, 3.8) is 0 Å². The summed E-state index contributed by atoms with van der Waals surface area (Å²) in [6.07, 6.45) is 3.47. The lowest BCUT2D eigenvalue weighted by Crippen LogP contribution is -2.53. The quantitative estimate of drug-likeness (QED) is 0.392. The summed E-state index contributed by atoms with van der Waals surface area (Å²) in [6.45, 7) is 5.49. The van der Waals surface area contributed by atoms with Gasteiger partial charge < -0.3 is 10.2 Å². The molecule has 0 radical (unpaired) electrons. The van der Waals surface area contributed by atoms with Crippen LogP contribution in [0.1, 0.15) is 34.3 Å². The molecule has 0 bridgehead atoms. The molecular formula is C29H30Cl2F3N5O. The van der Waals surface area contributed by atoms with Crippen LogP contribution in [0.5, 0.6) is 0 Å². The molecule has 3 heterocycles. The number of hydrogen-bond acceptors (Lipinski definition) is 5. The van der Waals surface area contributed by atoms with Crippen molar-refractivity contribution < 1.29 is 18.0 Å². The molecule has 40 heavy (non-hydrogen) atoms. The summed E-state index contributed by atoms with van der Waals surface area (Å²) >= 11 is 12.3. The molecule has 2 aromatic carbocycles. The van der Waals surface area contributed by atoms with E-state index in [1.807, 2.05) is 0 Å². The van der Waals surface area contributed by atoms with Gasteiger partial charge in [0.1, 0.15) is 23.3 Å². The number of likely N-dealkylation sites (tertiary alicyclic amines) is 1. The SMILES string of the molecule is O=C(NCc1ccc(Cl)cc1F)c1cnc(N2CCN(C3CCN(Cc4ccc(F)cc4F)CC3)CC2)c(Cl)c1. The Morgan fingerprint density at radius 3 is 2.27 bits per heavy atom. The average molecular weight is 592 g/mol. The molecule has 2 aliphatic rings. The van der Waals surface area contributed by atoms with E-state index in [0.29, 0.717) is 45.1 Å². The topological polar surface area (TPSA) is 51.7 Å². The number of nitrogens with zero attached hydrogens (tertiary/aromatic N) is 4. The van der Waals surface area contributed by atoms with Gasteiger partial charge in [-0.3, -0.25) is 14.6 Å². The van der Waals surface area contributed by atoms with Crippen molar-refractivity contribution in [1.29, 1.82) is 0 Å². The molecule has 2 fully saturated rings. The lowest BCUT2D eigenvalue weighted by molar-refractivity contribution is 0.0950. The molecule has 0 atom stereocenters. The minimum atomic E-state index is -0.555. The molecule has 212 valence electrons. The normalized spacial score (nSPS) is 17.3. The third-order valence-electron chi connectivity index (χ3n) is 7.63. The molecule has 0 saturated carbocycles. The van der Waals surface area contributed by atoms with Gasteiger partial charge in [0, 0.05) is 73.7 Å². The molecule has 3 aromatic rings. The van der Waals surface area contributed by atoms with Crippen molar-refractivity contribution in [3.8, 4) is 0 Å². The van der Waals surface area contributed by atoms with Gasteiger partial charge in [0.25, 0.3) is 5.91 Å². The number of carbonyl (C=O) groups is 1. The molecule has 11 heteroatoms. The first-order valence-electron chi connectivity index (χ1n) is 13.3. The molecule has 1 aromatic heterocycles. The third-order valence-corrected chi connectivity index (χ3v) is 8.15. The Bertz CT molecular complexity index is 1360. The molecule has 0 unspecified atom stereocenters. The first kappa shape index (κ1) is 28.7. The number of hydrogen-bond donors (Lipinski definition) is 1. The Morgan fingerprint density at radius 1 is 0.900 bits per heavy atom. The maximum absolute atomic E-state index is 14.0. The Hall–Kier alpha value is -2.85. The van der Waals surface area contributed by atoms with Gasteiger partial charge in [0.05, 0.1) is 10.6 Å². The number of pyridine rings is 1. The van der Waals surface area contributed by atoms with Gasteiger partial charge in [-0.2, -0.15) is 0 Å². The van der Waals surface area contributed by atoms with Gasteiger partial charge in [-0.1, -0.05) is 35.3 Å². The number of piperidine rings is 1. The van der Waals surface area contributed by atoms with E-state index >= 15 is 0 Å². The van der Waals surface area contributed by atoms with E-state index in [0.717, 1.165) is 58.2 Å². The second-order valence-electron chi connectivity index (χ2n) is 10.2. The van der Waals surface area contributed by atoms with E-state index in [4.69, 9.17) is 23.2 Å². The molecule has 0 spiro atoms. The molecule has 0 aliphatic carbocycles. The summed E-state index contributed by atoms with van der Waals surface area (Å²) in [6, 6.07) is 10.1. The molecule has 5 rings (SSSR count). The van der Waals surface area contributed by atoms with Crippen LogP contribution in [0.15, 0.2) is 48.7 Å². The zero-order chi connectivity index (χ0) is 28.2. The predicted octanol–water partition coefficient (Wildman–Crippen LogP) is 5.52. The van der Waals surface area contributed by atoms with Crippen molar-refractivity contribution in [1.82, 2.24) is 20.1 Å². The fourth-order valence-electron chi connectivity index (χ4n) is 5.36. The van der Waals surface area contributed by atoms with Crippen LogP contribution in [0.3, 0.4) is 0 Å². The highest BCUT2D eigenvalue weighted by Crippen LogP contribution is 2.27. The van der Waals surface area contributed by atoms with E-state index in [9.17, 15) is 18.0 Å².